The number of rotatable bonds is 2. The van der Waals surface area contributed by atoms with Crippen LogP contribution in [0.5, 0.6) is 0 Å². The lowest BCUT2D eigenvalue weighted by Gasteiger charge is -2.61. The zero-order valence-corrected chi connectivity index (χ0v) is 19.8. The average molecular weight is 449 g/mol. The topological polar surface area (TPSA) is 60.4 Å². The van der Waals surface area contributed by atoms with Crippen LogP contribution in [-0.4, -0.2) is 27.7 Å². The smallest absolute Gasteiger partial charge is 0.306 e. The summed E-state index contributed by atoms with van der Waals surface area (Å²) in [5.41, 5.74) is 1.18. The third-order valence-corrected chi connectivity index (χ3v) is 12.4. The van der Waals surface area contributed by atoms with Gasteiger partial charge in [-0.3, -0.25) is 14.4 Å². The van der Waals surface area contributed by atoms with Gasteiger partial charge in [-0.2, -0.15) is 0 Å². The van der Waals surface area contributed by atoms with E-state index in [1.54, 1.807) is 17.7 Å². The molecular weight excluding hydrogens is 416 g/mol. The van der Waals surface area contributed by atoms with E-state index in [4.69, 9.17) is 4.74 Å². The molecular formula is C24H32O4S2. The molecule has 0 bridgehead atoms. The fourth-order valence-electron chi connectivity index (χ4n) is 8.02. The van der Waals surface area contributed by atoms with Gasteiger partial charge in [0.15, 0.2) is 10.9 Å². The Morgan fingerprint density at radius 1 is 1.07 bits per heavy atom. The Morgan fingerprint density at radius 2 is 1.83 bits per heavy atom. The van der Waals surface area contributed by atoms with E-state index in [9.17, 15) is 14.4 Å². The molecule has 4 fully saturated rings. The van der Waals surface area contributed by atoms with Gasteiger partial charge in [0.25, 0.3) is 0 Å². The van der Waals surface area contributed by atoms with E-state index in [2.05, 4.69) is 13.8 Å². The summed E-state index contributed by atoms with van der Waals surface area (Å²) in [4.78, 5) is 36.1. The highest BCUT2D eigenvalue weighted by atomic mass is 33.1. The molecule has 1 heterocycles. The van der Waals surface area contributed by atoms with Gasteiger partial charge in [-0.25, -0.2) is 0 Å². The van der Waals surface area contributed by atoms with E-state index in [0.717, 1.165) is 44.9 Å². The van der Waals surface area contributed by atoms with Crippen LogP contribution in [0.3, 0.4) is 0 Å². The van der Waals surface area contributed by atoms with E-state index in [-0.39, 0.29) is 33.3 Å². The Hall–Kier alpha value is -0.750. The Bertz CT molecular complexity index is 837. The lowest BCUT2D eigenvalue weighted by Crippen LogP contribution is -2.57. The molecule has 1 saturated heterocycles. The van der Waals surface area contributed by atoms with E-state index in [1.807, 2.05) is 6.08 Å². The predicted molar refractivity (Wildman–Crippen MR) is 120 cm³/mol. The van der Waals surface area contributed by atoms with Crippen LogP contribution >= 0.6 is 21.6 Å². The summed E-state index contributed by atoms with van der Waals surface area (Å²) in [6.07, 6.45) is 10.2. The van der Waals surface area contributed by atoms with Crippen molar-refractivity contribution in [1.29, 1.82) is 0 Å². The van der Waals surface area contributed by atoms with Gasteiger partial charge < -0.3 is 4.74 Å². The minimum absolute atomic E-state index is 0.0244. The number of allylic oxidation sites excluding steroid dienone is 1. The molecule has 0 aromatic heterocycles. The molecule has 1 spiro atoms. The SMILES string of the molecule is CC(=O)SS[C@@H]1CC2=CC(=O)CC[C@]2(C)C2CC[C@@]3(C)C(CC[C@@]34CCC(=O)O4)C21. The maximum absolute atomic E-state index is 12.2. The number of hydrogen-bond donors (Lipinski definition) is 0. The maximum Gasteiger partial charge on any atom is 0.306 e. The molecule has 5 aliphatic rings. The normalized spacial score (nSPS) is 47.4. The van der Waals surface area contributed by atoms with Gasteiger partial charge in [-0.1, -0.05) is 30.2 Å². The van der Waals surface area contributed by atoms with Gasteiger partial charge in [-0.05, 0) is 85.0 Å². The Labute approximate surface area is 187 Å². The van der Waals surface area contributed by atoms with Crippen LogP contribution in [0.25, 0.3) is 0 Å². The Balaban J connectivity index is 1.53. The van der Waals surface area contributed by atoms with Crippen molar-refractivity contribution in [3.63, 3.8) is 0 Å². The second kappa shape index (κ2) is 7.13. The Kier molecular flexibility index (Phi) is 5.02. The number of carbonyl (C=O) groups excluding carboxylic acids is 3. The molecule has 4 aliphatic carbocycles. The molecule has 5 rings (SSSR count). The molecule has 0 amide bonds. The van der Waals surface area contributed by atoms with Crippen LogP contribution in [0.1, 0.15) is 78.6 Å². The Morgan fingerprint density at radius 3 is 2.53 bits per heavy atom. The summed E-state index contributed by atoms with van der Waals surface area (Å²) < 4.78 is 6.08. The summed E-state index contributed by atoms with van der Waals surface area (Å²) in [6, 6.07) is 0. The van der Waals surface area contributed by atoms with Crippen molar-refractivity contribution in [3.8, 4) is 0 Å². The van der Waals surface area contributed by atoms with Crippen LogP contribution in [0.4, 0.5) is 0 Å². The molecule has 0 aromatic rings. The third-order valence-electron chi connectivity index (χ3n) is 9.58. The molecule has 0 N–H and O–H groups in total. The van der Waals surface area contributed by atoms with E-state index < -0.39 is 0 Å². The first-order chi connectivity index (χ1) is 14.2. The van der Waals surface area contributed by atoms with Crippen molar-refractivity contribution in [2.45, 2.75) is 89.4 Å². The summed E-state index contributed by atoms with van der Waals surface area (Å²) in [5.74, 6) is 1.81. The van der Waals surface area contributed by atoms with Crippen molar-refractivity contribution in [3.05, 3.63) is 11.6 Å². The van der Waals surface area contributed by atoms with E-state index in [0.29, 0.717) is 35.8 Å². The monoisotopic (exact) mass is 448 g/mol. The lowest BCUT2D eigenvalue weighted by molar-refractivity contribution is -0.167. The van der Waals surface area contributed by atoms with E-state index in [1.165, 1.54) is 16.4 Å². The van der Waals surface area contributed by atoms with Gasteiger partial charge >= 0.3 is 5.97 Å². The fraction of sp³-hybridized carbons (Fsp3) is 0.792. The van der Waals surface area contributed by atoms with Crippen LogP contribution < -0.4 is 0 Å². The third kappa shape index (κ3) is 2.92. The maximum atomic E-state index is 12.2. The number of esters is 1. The zero-order valence-electron chi connectivity index (χ0n) is 18.2. The molecule has 30 heavy (non-hydrogen) atoms. The number of ether oxygens (including phenoxy) is 1. The second-order valence-electron chi connectivity index (χ2n) is 10.7. The first kappa shape index (κ1) is 21.1. The fourth-order valence-corrected chi connectivity index (χ4v) is 10.4. The minimum atomic E-state index is -0.276. The van der Waals surface area contributed by atoms with Crippen molar-refractivity contribution < 1.29 is 19.1 Å². The van der Waals surface area contributed by atoms with Crippen LogP contribution in [0, 0.1) is 28.6 Å². The van der Waals surface area contributed by atoms with Gasteiger partial charge in [0, 0.05) is 30.4 Å². The summed E-state index contributed by atoms with van der Waals surface area (Å²) in [7, 11) is 3.10. The van der Waals surface area contributed by atoms with Crippen molar-refractivity contribution in [2.75, 3.05) is 0 Å². The van der Waals surface area contributed by atoms with Crippen LogP contribution in [-0.2, 0) is 19.1 Å². The molecule has 164 valence electrons. The number of ketones is 1. The molecule has 3 unspecified atom stereocenters. The minimum Gasteiger partial charge on any atom is -0.458 e. The van der Waals surface area contributed by atoms with Crippen LogP contribution in [0.15, 0.2) is 11.6 Å². The molecule has 0 radical (unpaired) electrons. The predicted octanol–water partition coefficient (Wildman–Crippen LogP) is 5.50. The molecule has 6 heteroatoms. The molecule has 1 aliphatic heterocycles. The van der Waals surface area contributed by atoms with Crippen molar-refractivity contribution in [1.82, 2.24) is 0 Å². The molecule has 7 atom stereocenters. The lowest BCUT2D eigenvalue weighted by atomic mass is 9.46. The first-order valence-corrected chi connectivity index (χ1v) is 13.7. The van der Waals surface area contributed by atoms with E-state index >= 15 is 0 Å². The highest BCUT2D eigenvalue weighted by Gasteiger charge is 2.68. The summed E-state index contributed by atoms with van der Waals surface area (Å²) in [5, 5.41) is 0.482. The molecule has 0 aromatic carbocycles. The highest BCUT2D eigenvalue weighted by Crippen LogP contribution is 2.71. The van der Waals surface area contributed by atoms with Crippen LogP contribution in [0.2, 0.25) is 0 Å². The highest BCUT2D eigenvalue weighted by molar-refractivity contribution is 8.82. The first-order valence-electron chi connectivity index (χ1n) is 11.5. The number of carbonyl (C=O) groups is 3. The molecule has 3 saturated carbocycles. The quantitative estimate of drug-likeness (QED) is 0.411. The average Bonchev–Trinajstić information content (AvgIpc) is 3.21. The summed E-state index contributed by atoms with van der Waals surface area (Å²) >= 11 is 0. The standard InChI is InChI=1S/C24H32O4S2/c1-14(25)29-30-19-13-15-12-16(26)4-8-22(15,2)17-5-9-23(3)18(21(17)19)6-10-24(23)11-7-20(27)28-24/h12,17-19,21H,4-11,13H2,1-3H3/t17?,18?,19-,21?,22+,23+,24-/m1/s1. The molecule has 4 nitrogen and oxygen atoms in total. The van der Waals surface area contributed by atoms with Crippen molar-refractivity contribution >= 4 is 38.5 Å². The van der Waals surface area contributed by atoms with Gasteiger partial charge in [0.2, 0.25) is 0 Å². The van der Waals surface area contributed by atoms with Gasteiger partial charge in [-0.15, -0.1) is 0 Å². The largest absolute Gasteiger partial charge is 0.458 e. The van der Waals surface area contributed by atoms with Crippen molar-refractivity contribution in [2.24, 2.45) is 28.6 Å². The number of hydrogen-bond acceptors (Lipinski definition) is 6. The second-order valence-corrected chi connectivity index (χ2v) is 13.3. The zero-order chi connectivity index (χ0) is 21.3. The van der Waals surface area contributed by atoms with Gasteiger partial charge in [0.1, 0.15) is 5.60 Å². The van der Waals surface area contributed by atoms with Gasteiger partial charge in [0.05, 0.1) is 0 Å². The number of fused-ring (bicyclic) bond motifs is 6. The summed E-state index contributed by atoms with van der Waals surface area (Å²) in [6.45, 7) is 6.42.